The maximum absolute atomic E-state index is 10.3. The van der Waals surface area contributed by atoms with Crippen LogP contribution in [0.1, 0.15) is 17.9 Å². The van der Waals surface area contributed by atoms with E-state index in [1.54, 1.807) is 24.3 Å². The molecule has 66 valence electrons. The molecule has 0 fully saturated rings. The van der Waals surface area contributed by atoms with Crippen molar-refractivity contribution < 1.29 is 61.3 Å². The summed E-state index contributed by atoms with van der Waals surface area (Å²) in [5, 5.41) is 19.0. The van der Waals surface area contributed by atoms with E-state index in [2.05, 4.69) is 0 Å². The smallest absolute Gasteiger partial charge is 0.550 e. The Kier molecular flexibility index (Phi) is 7.06. The van der Waals surface area contributed by atoms with Crippen molar-refractivity contribution in [3.8, 4) is 6.07 Å². The molecule has 0 aliphatic heterocycles. The van der Waals surface area contributed by atoms with Crippen LogP contribution < -0.4 is 56.5 Å². The normalized spacial score (nSPS) is 10.8. The Morgan fingerprint density at radius 3 is 2.43 bits per heavy atom. The molecule has 1 aromatic rings. The summed E-state index contributed by atoms with van der Waals surface area (Å²) in [4.78, 5) is 10.3. The van der Waals surface area contributed by atoms with E-state index in [0.717, 1.165) is 0 Å². The topological polar surface area (TPSA) is 63.9 Å². The minimum absolute atomic E-state index is 0. The first-order valence-electron chi connectivity index (χ1n) is 3.88. The Morgan fingerprint density at radius 1 is 1.43 bits per heavy atom. The van der Waals surface area contributed by atoms with Gasteiger partial charge in [-0.2, -0.15) is 5.26 Å². The molecule has 0 radical (unpaired) electrons. The van der Waals surface area contributed by atoms with Crippen molar-refractivity contribution in [1.82, 2.24) is 0 Å². The Labute approximate surface area is 125 Å². The van der Waals surface area contributed by atoms with Crippen LogP contribution in [0.5, 0.6) is 0 Å². The van der Waals surface area contributed by atoms with E-state index in [9.17, 15) is 9.90 Å². The fraction of sp³-hybridized carbons (Fsp3) is 0.200. The van der Waals surface area contributed by atoms with Crippen molar-refractivity contribution >= 4 is 5.97 Å². The molecule has 0 N–H and O–H groups in total. The van der Waals surface area contributed by atoms with E-state index in [0.29, 0.717) is 5.56 Å². The predicted octanol–water partition coefficient (Wildman–Crippen LogP) is -2.56. The van der Waals surface area contributed by atoms with Gasteiger partial charge in [0.15, 0.2) is 0 Å². The number of carboxylic acids is 1. The van der Waals surface area contributed by atoms with Crippen LogP contribution in [0.25, 0.3) is 0 Å². The van der Waals surface area contributed by atoms with Crippen LogP contribution in [0.15, 0.2) is 30.3 Å². The Balaban J connectivity index is 0.00000169. The molecule has 0 bridgehead atoms. The Morgan fingerprint density at radius 2 is 2.00 bits per heavy atom. The molecule has 0 saturated carbocycles. The van der Waals surface area contributed by atoms with Gasteiger partial charge in [0.05, 0.1) is 12.0 Å². The van der Waals surface area contributed by atoms with Crippen molar-refractivity contribution in [2.24, 2.45) is 0 Å². The van der Waals surface area contributed by atoms with Crippen LogP contribution in [-0.4, -0.2) is 5.97 Å². The van der Waals surface area contributed by atoms with E-state index in [1.807, 2.05) is 12.1 Å². The number of carbonyl (C=O) groups excluding carboxylic acids is 1. The summed E-state index contributed by atoms with van der Waals surface area (Å²) in [6.07, 6.45) is -0.249. The van der Waals surface area contributed by atoms with E-state index < -0.39 is 11.9 Å². The van der Waals surface area contributed by atoms with Gasteiger partial charge >= 0.3 is 51.4 Å². The average Bonchev–Trinajstić information content (AvgIpc) is 2.15. The van der Waals surface area contributed by atoms with Crippen molar-refractivity contribution in [2.75, 3.05) is 0 Å². The molecule has 1 aromatic carbocycles. The summed E-state index contributed by atoms with van der Waals surface area (Å²) in [6.45, 7) is 0. The molecule has 0 aliphatic rings. The molecule has 14 heavy (non-hydrogen) atoms. The first-order valence-corrected chi connectivity index (χ1v) is 3.88. The summed E-state index contributed by atoms with van der Waals surface area (Å²) in [7, 11) is 0. The zero-order valence-electron chi connectivity index (χ0n) is 7.93. The van der Waals surface area contributed by atoms with Crippen LogP contribution in [0.3, 0.4) is 0 Å². The summed E-state index contributed by atoms with van der Waals surface area (Å²) in [6, 6.07) is 10.8. The molecule has 1 rings (SSSR count). The number of nitriles is 1. The largest absolute Gasteiger partial charge is 1.00 e. The minimum atomic E-state index is -1.20. The molecule has 0 aliphatic carbocycles. The molecule has 3 nitrogen and oxygen atoms in total. The second-order valence-corrected chi connectivity index (χ2v) is 2.67. The van der Waals surface area contributed by atoms with Crippen LogP contribution >= 0.6 is 0 Å². The molecule has 0 heterocycles. The van der Waals surface area contributed by atoms with Gasteiger partial charge in [0.1, 0.15) is 0 Å². The molecular weight excluding hydrogens is 205 g/mol. The SMILES string of the molecule is N#C[C@@H](CC(=O)[O-])c1ccccc1.[K+]. The van der Waals surface area contributed by atoms with E-state index in [4.69, 9.17) is 5.26 Å². The fourth-order valence-corrected chi connectivity index (χ4v) is 1.09. The summed E-state index contributed by atoms with van der Waals surface area (Å²) in [5.41, 5.74) is 0.717. The third-order valence-corrected chi connectivity index (χ3v) is 1.73. The van der Waals surface area contributed by atoms with E-state index in [-0.39, 0.29) is 57.8 Å². The molecule has 0 unspecified atom stereocenters. The fourth-order valence-electron chi connectivity index (χ4n) is 1.09. The molecule has 0 saturated heterocycles. The third-order valence-electron chi connectivity index (χ3n) is 1.73. The maximum Gasteiger partial charge on any atom is 1.00 e. The molecule has 1 atom stereocenters. The molecular formula is C10H8KNO2. The monoisotopic (exact) mass is 213 g/mol. The average molecular weight is 213 g/mol. The summed E-state index contributed by atoms with van der Waals surface area (Å²) >= 11 is 0. The number of carboxylic acid groups (broad SMARTS) is 1. The van der Waals surface area contributed by atoms with Gasteiger partial charge in [-0.25, -0.2) is 0 Å². The van der Waals surface area contributed by atoms with Gasteiger partial charge in [-0.15, -0.1) is 0 Å². The number of aliphatic carboxylic acids is 1. The number of hydrogen-bond acceptors (Lipinski definition) is 3. The van der Waals surface area contributed by atoms with Gasteiger partial charge < -0.3 is 9.90 Å². The van der Waals surface area contributed by atoms with Crippen LogP contribution in [0, 0.1) is 11.3 Å². The molecule has 0 spiro atoms. The van der Waals surface area contributed by atoms with Gasteiger partial charge in [-0.3, -0.25) is 0 Å². The second kappa shape index (κ2) is 7.15. The first-order chi connectivity index (χ1) is 6.24. The van der Waals surface area contributed by atoms with Crippen molar-refractivity contribution in [1.29, 1.82) is 5.26 Å². The zero-order valence-corrected chi connectivity index (χ0v) is 11.1. The van der Waals surface area contributed by atoms with Gasteiger partial charge in [0.2, 0.25) is 0 Å². The van der Waals surface area contributed by atoms with E-state index >= 15 is 0 Å². The van der Waals surface area contributed by atoms with Crippen LogP contribution in [0.4, 0.5) is 0 Å². The number of nitrogens with zero attached hydrogens (tertiary/aromatic N) is 1. The summed E-state index contributed by atoms with van der Waals surface area (Å²) < 4.78 is 0. The number of carbonyl (C=O) groups is 1. The molecule has 0 amide bonds. The first kappa shape index (κ1) is 13.8. The van der Waals surface area contributed by atoms with Gasteiger partial charge in [-0.1, -0.05) is 30.3 Å². The van der Waals surface area contributed by atoms with Crippen LogP contribution in [0.2, 0.25) is 0 Å². The number of rotatable bonds is 3. The second-order valence-electron chi connectivity index (χ2n) is 2.67. The van der Waals surface area contributed by atoms with Crippen molar-refractivity contribution in [3.63, 3.8) is 0 Å². The Bertz CT molecular complexity index is 332. The minimum Gasteiger partial charge on any atom is -0.550 e. The van der Waals surface area contributed by atoms with Gasteiger partial charge in [0.25, 0.3) is 0 Å². The molecule has 0 aromatic heterocycles. The predicted molar refractivity (Wildman–Crippen MR) is 44.4 cm³/mol. The number of hydrogen-bond donors (Lipinski definition) is 0. The standard InChI is InChI=1S/C10H9NO2.K/c11-7-9(6-10(12)13)8-4-2-1-3-5-8;/h1-5,9H,6H2,(H,12,13);/q;+1/p-1/t9-;/m1./s1. The van der Waals surface area contributed by atoms with Crippen LogP contribution in [-0.2, 0) is 4.79 Å². The van der Waals surface area contributed by atoms with Gasteiger partial charge in [-0.05, 0) is 5.56 Å². The number of benzene rings is 1. The summed E-state index contributed by atoms with van der Waals surface area (Å²) in [5.74, 6) is -1.80. The van der Waals surface area contributed by atoms with E-state index in [1.165, 1.54) is 0 Å². The quantitative estimate of drug-likeness (QED) is 0.519. The van der Waals surface area contributed by atoms with Crippen molar-refractivity contribution in [2.45, 2.75) is 12.3 Å². The molecule has 4 heteroatoms. The third kappa shape index (κ3) is 4.36. The zero-order chi connectivity index (χ0) is 9.68. The van der Waals surface area contributed by atoms with Gasteiger partial charge in [0, 0.05) is 12.4 Å². The van der Waals surface area contributed by atoms with Crippen molar-refractivity contribution in [3.05, 3.63) is 35.9 Å². The Hall–Kier alpha value is -0.184. The maximum atomic E-state index is 10.3.